The molecule has 186 valence electrons. The molecule has 10 heteroatoms. The lowest BCUT2D eigenvalue weighted by Gasteiger charge is -2.44. The zero-order chi connectivity index (χ0) is 25.2. The zero-order valence-corrected chi connectivity index (χ0v) is 21.4. The Hall–Kier alpha value is -2.50. The number of thioether (sulfide) groups is 1. The van der Waals surface area contributed by atoms with Gasteiger partial charge >= 0.3 is 5.97 Å². The third-order valence-corrected chi connectivity index (χ3v) is 9.16. The highest BCUT2D eigenvalue weighted by Gasteiger charge is 2.49. The van der Waals surface area contributed by atoms with E-state index in [-0.39, 0.29) is 23.7 Å². The lowest BCUT2D eigenvalue weighted by atomic mass is 9.86. The molecule has 1 aliphatic heterocycles. The second-order valence-electron chi connectivity index (χ2n) is 8.79. The third kappa shape index (κ3) is 4.94. The van der Waals surface area contributed by atoms with Crippen LogP contribution in [0.1, 0.15) is 11.3 Å². The van der Waals surface area contributed by atoms with Crippen LogP contribution in [0.5, 0.6) is 0 Å². The van der Waals surface area contributed by atoms with E-state index in [4.69, 9.17) is 5.73 Å². The van der Waals surface area contributed by atoms with Gasteiger partial charge in [0.2, 0.25) is 10.0 Å². The van der Waals surface area contributed by atoms with Crippen molar-refractivity contribution in [2.45, 2.75) is 23.4 Å². The van der Waals surface area contributed by atoms with Crippen LogP contribution in [0.3, 0.4) is 0 Å². The number of aromatic nitrogens is 1. The molecule has 2 atom stereocenters. The quantitative estimate of drug-likeness (QED) is 0.471. The van der Waals surface area contributed by atoms with Crippen LogP contribution in [0.2, 0.25) is 0 Å². The standard InChI is InChI=1S/C25H30N4O4S2/c1-18-7-10-20(11-8-18)35(32,33)29-15-13-28(14-16-29)23(17-34-2)25(26,24(30)31)22-12-9-19-5-3-4-6-21(19)27-22/h3-12,23H,13-17,26H2,1-2H3,(H,30,31). The van der Waals surface area contributed by atoms with Gasteiger partial charge in [0.15, 0.2) is 5.54 Å². The van der Waals surface area contributed by atoms with Crippen LogP contribution >= 0.6 is 11.8 Å². The zero-order valence-electron chi connectivity index (χ0n) is 19.8. The van der Waals surface area contributed by atoms with Gasteiger partial charge in [0.05, 0.1) is 22.1 Å². The summed E-state index contributed by atoms with van der Waals surface area (Å²) in [5.41, 5.74) is 6.89. The van der Waals surface area contributed by atoms with E-state index in [1.165, 1.54) is 16.1 Å². The summed E-state index contributed by atoms with van der Waals surface area (Å²) >= 11 is 1.51. The Morgan fingerprint density at radius 1 is 1.09 bits per heavy atom. The van der Waals surface area contributed by atoms with Crippen molar-refractivity contribution in [1.82, 2.24) is 14.2 Å². The minimum absolute atomic E-state index is 0.252. The largest absolute Gasteiger partial charge is 0.480 e. The Labute approximate surface area is 210 Å². The number of hydrogen-bond donors (Lipinski definition) is 2. The van der Waals surface area contributed by atoms with Gasteiger partial charge in [-0.15, -0.1) is 0 Å². The molecule has 0 spiro atoms. The van der Waals surface area contributed by atoms with Gasteiger partial charge in [0.1, 0.15) is 0 Å². The van der Waals surface area contributed by atoms with E-state index in [0.29, 0.717) is 24.4 Å². The van der Waals surface area contributed by atoms with Crippen LogP contribution < -0.4 is 5.73 Å². The Bertz CT molecular complexity index is 1310. The average Bonchev–Trinajstić information content (AvgIpc) is 2.86. The number of piperazine rings is 1. The molecule has 0 amide bonds. The number of sulfonamides is 1. The summed E-state index contributed by atoms with van der Waals surface area (Å²) in [5, 5.41) is 11.2. The molecule has 2 aromatic carbocycles. The molecular weight excluding hydrogens is 484 g/mol. The fourth-order valence-corrected chi connectivity index (χ4v) is 6.73. The molecule has 4 rings (SSSR count). The molecule has 0 saturated carbocycles. The minimum Gasteiger partial charge on any atom is -0.480 e. The molecule has 0 radical (unpaired) electrons. The first-order chi connectivity index (χ1) is 16.7. The lowest BCUT2D eigenvalue weighted by molar-refractivity contribution is -0.147. The SMILES string of the molecule is CSCC(N1CCN(S(=O)(=O)c2ccc(C)cc2)CC1)C(N)(C(=O)O)c1ccc2ccccc2n1. The smallest absolute Gasteiger partial charge is 0.331 e. The van der Waals surface area contributed by atoms with Crippen molar-refractivity contribution < 1.29 is 18.3 Å². The second kappa shape index (κ2) is 10.2. The molecule has 1 fully saturated rings. The number of aliphatic carboxylic acids is 1. The molecule has 35 heavy (non-hydrogen) atoms. The van der Waals surface area contributed by atoms with Crippen molar-refractivity contribution >= 4 is 38.7 Å². The number of carboxylic acids is 1. The maximum absolute atomic E-state index is 13.1. The van der Waals surface area contributed by atoms with Crippen LogP contribution in [0.15, 0.2) is 65.6 Å². The fraction of sp³-hybridized carbons (Fsp3) is 0.360. The van der Waals surface area contributed by atoms with Gasteiger partial charge in [-0.05, 0) is 37.4 Å². The van der Waals surface area contributed by atoms with Crippen LogP contribution in [-0.4, -0.2) is 77.9 Å². The normalized spacial score (nSPS) is 18.3. The topological polar surface area (TPSA) is 117 Å². The predicted octanol–water partition coefficient (Wildman–Crippen LogP) is 2.52. The molecule has 3 N–H and O–H groups in total. The Balaban J connectivity index is 1.61. The third-order valence-electron chi connectivity index (χ3n) is 6.60. The molecule has 1 aromatic heterocycles. The van der Waals surface area contributed by atoms with Crippen LogP contribution in [0.25, 0.3) is 10.9 Å². The minimum atomic E-state index is -3.63. The van der Waals surface area contributed by atoms with E-state index < -0.39 is 27.6 Å². The van der Waals surface area contributed by atoms with E-state index in [1.807, 2.05) is 48.4 Å². The maximum Gasteiger partial charge on any atom is 0.331 e. The molecule has 0 bridgehead atoms. The molecule has 1 aliphatic rings. The number of rotatable bonds is 8. The van der Waals surface area contributed by atoms with E-state index >= 15 is 0 Å². The fourth-order valence-electron chi connectivity index (χ4n) is 4.52. The summed E-state index contributed by atoms with van der Waals surface area (Å²) in [6.07, 6.45) is 1.90. The van der Waals surface area contributed by atoms with Gasteiger partial charge in [0, 0.05) is 37.3 Å². The summed E-state index contributed by atoms with van der Waals surface area (Å²) in [6.45, 7) is 3.16. The molecule has 0 aliphatic carbocycles. The number of para-hydroxylation sites is 1. The molecule has 2 unspecified atom stereocenters. The average molecular weight is 515 g/mol. The molecular formula is C25H30N4O4S2. The summed E-state index contributed by atoms with van der Waals surface area (Å²) in [4.78, 5) is 19.5. The number of aryl methyl sites for hydroxylation is 1. The van der Waals surface area contributed by atoms with Crippen molar-refractivity contribution in [2.75, 3.05) is 38.2 Å². The van der Waals surface area contributed by atoms with Crippen molar-refractivity contribution in [2.24, 2.45) is 5.73 Å². The van der Waals surface area contributed by atoms with E-state index in [1.54, 1.807) is 30.3 Å². The highest BCUT2D eigenvalue weighted by Crippen LogP contribution is 2.30. The van der Waals surface area contributed by atoms with Crippen molar-refractivity contribution in [3.8, 4) is 0 Å². The molecule has 3 aromatic rings. The van der Waals surface area contributed by atoms with Crippen LogP contribution in [0.4, 0.5) is 0 Å². The highest BCUT2D eigenvalue weighted by atomic mass is 32.2. The van der Waals surface area contributed by atoms with Gasteiger partial charge in [-0.2, -0.15) is 16.1 Å². The first-order valence-electron chi connectivity index (χ1n) is 11.4. The van der Waals surface area contributed by atoms with Gasteiger partial charge in [0.25, 0.3) is 0 Å². The van der Waals surface area contributed by atoms with Gasteiger partial charge in [-0.25, -0.2) is 13.2 Å². The number of carboxylic acid groups (broad SMARTS) is 1. The van der Waals surface area contributed by atoms with Crippen LogP contribution in [-0.2, 0) is 20.4 Å². The molecule has 8 nitrogen and oxygen atoms in total. The van der Waals surface area contributed by atoms with Gasteiger partial charge in [-0.3, -0.25) is 9.88 Å². The number of nitrogens with zero attached hydrogens (tertiary/aromatic N) is 3. The Morgan fingerprint density at radius 2 is 1.74 bits per heavy atom. The molecule has 2 heterocycles. The summed E-state index contributed by atoms with van der Waals surface area (Å²) in [6, 6.07) is 17.2. The number of pyridine rings is 1. The van der Waals surface area contributed by atoms with Crippen molar-refractivity contribution in [3.63, 3.8) is 0 Å². The Kier molecular flexibility index (Phi) is 7.48. The second-order valence-corrected chi connectivity index (χ2v) is 11.6. The highest BCUT2D eigenvalue weighted by molar-refractivity contribution is 7.98. The lowest BCUT2D eigenvalue weighted by Crippen LogP contribution is -2.65. The first-order valence-corrected chi connectivity index (χ1v) is 14.2. The monoisotopic (exact) mass is 514 g/mol. The number of carbonyl (C=O) groups is 1. The number of fused-ring (bicyclic) bond motifs is 1. The van der Waals surface area contributed by atoms with Gasteiger partial charge < -0.3 is 10.8 Å². The Morgan fingerprint density at radius 3 is 2.37 bits per heavy atom. The van der Waals surface area contributed by atoms with Crippen molar-refractivity contribution in [3.05, 3.63) is 71.9 Å². The number of hydrogen-bond acceptors (Lipinski definition) is 7. The van der Waals surface area contributed by atoms with Gasteiger partial charge in [-0.1, -0.05) is 42.0 Å². The maximum atomic E-state index is 13.1. The van der Waals surface area contributed by atoms with Crippen molar-refractivity contribution in [1.29, 1.82) is 0 Å². The van der Waals surface area contributed by atoms with E-state index in [0.717, 1.165) is 10.9 Å². The number of benzene rings is 2. The van der Waals surface area contributed by atoms with Crippen LogP contribution in [0, 0.1) is 6.92 Å². The number of nitrogens with two attached hydrogens (primary N) is 1. The van der Waals surface area contributed by atoms with E-state index in [9.17, 15) is 18.3 Å². The summed E-state index contributed by atoms with van der Waals surface area (Å²) in [7, 11) is -3.63. The summed E-state index contributed by atoms with van der Waals surface area (Å²) in [5.74, 6) is -0.698. The molecule has 1 saturated heterocycles. The summed E-state index contributed by atoms with van der Waals surface area (Å²) < 4.78 is 27.7. The predicted molar refractivity (Wildman–Crippen MR) is 139 cm³/mol. The van der Waals surface area contributed by atoms with E-state index in [2.05, 4.69) is 4.98 Å². The first kappa shape index (κ1) is 25.6.